The zero-order chi connectivity index (χ0) is 19.2. The molecule has 1 saturated heterocycles. The largest absolute Gasteiger partial charge is 0.462 e. The Morgan fingerprint density at radius 3 is 2.63 bits per heavy atom. The van der Waals surface area contributed by atoms with Crippen LogP contribution in [0, 0.1) is 28.6 Å². The molecule has 0 bridgehead atoms. The number of allylic oxidation sites excluding steroid dienone is 1. The van der Waals surface area contributed by atoms with Crippen molar-refractivity contribution in [3.8, 4) is 0 Å². The minimum atomic E-state index is -0.452. The van der Waals surface area contributed by atoms with E-state index in [1.807, 2.05) is 0 Å². The Hall–Kier alpha value is -1.16. The van der Waals surface area contributed by atoms with Gasteiger partial charge in [0.2, 0.25) is 0 Å². The van der Waals surface area contributed by atoms with Crippen molar-refractivity contribution in [1.29, 1.82) is 0 Å². The molecule has 1 aliphatic heterocycles. The van der Waals surface area contributed by atoms with Crippen LogP contribution in [0.25, 0.3) is 0 Å². The van der Waals surface area contributed by atoms with Crippen LogP contribution in [0.4, 0.5) is 0 Å². The summed E-state index contributed by atoms with van der Waals surface area (Å²) in [5.74, 6) is 2.02. The highest BCUT2D eigenvalue weighted by Crippen LogP contribution is 2.72. The maximum Gasteiger partial charge on any atom is 0.302 e. The van der Waals surface area contributed by atoms with Crippen LogP contribution >= 0.6 is 0 Å². The van der Waals surface area contributed by atoms with Gasteiger partial charge in [-0.1, -0.05) is 25.5 Å². The van der Waals surface area contributed by atoms with Gasteiger partial charge in [-0.05, 0) is 68.6 Å². The third-order valence-electron chi connectivity index (χ3n) is 9.24. The van der Waals surface area contributed by atoms with Gasteiger partial charge in [-0.15, -0.1) is 0 Å². The van der Waals surface area contributed by atoms with Gasteiger partial charge in [-0.2, -0.15) is 0 Å². The van der Waals surface area contributed by atoms with E-state index >= 15 is 0 Å². The summed E-state index contributed by atoms with van der Waals surface area (Å²) in [7, 11) is 0. The fourth-order valence-electron chi connectivity index (χ4n) is 7.76. The highest BCUT2D eigenvalue weighted by Gasteiger charge is 2.77. The fourth-order valence-corrected chi connectivity index (χ4v) is 7.76. The molecule has 27 heavy (non-hydrogen) atoms. The van der Waals surface area contributed by atoms with Crippen LogP contribution in [0.2, 0.25) is 0 Å². The second-order valence-electron chi connectivity index (χ2n) is 10.4. The van der Waals surface area contributed by atoms with Gasteiger partial charge >= 0.3 is 5.97 Å². The predicted molar refractivity (Wildman–Crippen MR) is 101 cm³/mol. The molecule has 4 nitrogen and oxygen atoms in total. The maximum absolute atomic E-state index is 12.3. The second kappa shape index (κ2) is 5.46. The van der Waals surface area contributed by atoms with Crippen molar-refractivity contribution in [3.63, 3.8) is 0 Å². The summed E-state index contributed by atoms with van der Waals surface area (Å²) in [5, 5.41) is 0. The molecule has 148 valence electrons. The topological polar surface area (TPSA) is 55.9 Å². The standard InChI is InChI=1S/C23H32O4/c1-13(24)23-12-19-17-6-5-15-11-16(26-14(2)25)7-9-21(15,3)18(17)8-10-22(19,4)20(23)27-23/h5,16-20H,6-12H2,1-4H3/t16?,17?,18?,19?,20-,21-,22-,23-/m0/s1. The summed E-state index contributed by atoms with van der Waals surface area (Å²) in [4.78, 5) is 23.7. The first-order chi connectivity index (χ1) is 12.7. The van der Waals surface area contributed by atoms with Gasteiger partial charge in [0.15, 0.2) is 11.4 Å². The number of esters is 1. The van der Waals surface area contributed by atoms with E-state index in [1.54, 1.807) is 6.92 Å². The quantitative estimate of drug-likeness (QED) is 0.414. The van der Waals surface area contributed by atoms with Gasteiger partial charge in [0.25, 0.3) is 0 Å². The highest BCUT2D eigenvalue weighted by atomic mass is 16.6. The molecule has 1 heterocycles. The number of epoxide rings is 1. The molecular weight excluding hydrogens is 340 g/mol. The van der Waals surface area contributed by atoms with Crippen molar-refractivity contribution in [1.82, 2.24) is 0 Å². The number of fused-ring (bicyclic) bond motifs is 7. The number of ether oxygens (including phenoxy) is 2. The van der Waals surface area contributed by atoms with Crippen LogP contribution < -0.4 is 0 Å². The molecule has 4 heteroatoms. The lowest BCUT2D eigenvalue weighted by molar-refractivity contribution is -0.148. The minimum absolute atomic E-state index is 0.0562. The average molecular weight is 373 g/mol. The molecule has 4 aliphatic carbocycles. The number of Topliss-reactive ketones (excluding diaryl/α,β-unsaturated/α-hetero) is 1. The van der Waals surface area contributed by atoms with E-state index < -0.39 is 5.60 Å². The van der Waals surface area contributed by atoms with Crippen LogP contribution in [0.15, 0.2) is 11.6 Å². The summed E-state index contributed by atoms with van der Waals surface area (Å²) < 4.78 is 11.6. The Morgan fingerprint density at radius 1 is 1.15 bits per heavy atom. The average Bonchev–Trinajstić information content (AvgIpc) is 3.28. The van der Waals surface area contributed by atoms with Crippen molar-refractivity contribution >= 4 is 11.8 Å². The van der Waals surface area contributed by atoms with Gasteiger partial charge in [0, 0.05) is 18.8 Å². The fraction of sp³-hybridized carbons (Fsp3) is 0.826. The summed E-state index contributed by atoms with van der Waals surface area (Å²) >= 11 is 0. The normalized spacial score (nSPS) is 52.6. The van der Waals surface area contributed by atoms with E-state index in [9.17, 15) is 9.59 Å². The molecule has 3 saturated carbocycles. The third kappa shape index (κ3) is 2.25. The summed E-state index contributed by atoms with van der Waals surface area (Å²) in [5.41, 5.74) is 1.47. The molecule has 5 aliphatic rings. The van der Waals surface area contributed by atoms with Gasteiger partial charge in [0.05, 0.1) is 0 Å². The number of hydrogen-bond acceptors (Lipinski definition) is 4. The number of rotatable bonds is 2. The Morgan fingerprint density at radius 2 is 1.93 bits per heavy atom. The van der Waals surface area contributed by atoms with E-state index in [2.05, 4.69) is 19.9 Å². The number of carbonyl (C=O) groups is 2. The third-order valence-corrected chi connectivity index (χ3v) is 9.24. The maximum atomic E-state index is 12.3. The molecule has 4 unspecified atom stereocenters. The Kier molecular flexibility index (Phi) is 3.62. The van der Waals surface area contributed by atoms with Crippen LogP contribution in [0.1, 0.15) is 72.6 Å². The Bertz CT molecular complexity index is 741. The van der Waals surface area contributed by atoms with E-state index in [1.165, 1.54) is 25.3 Å². The number of hydrogen-bond donors (Lipinski definition) is 0. The van der Waals surface area contributed by atoms with Crippen LogP contribution in [-0.2, 0) is 19.1 Å². The van der Waals surface area contributed by atoms with Crippen molar-refractivity contribution in [3.05, 3.63) is 11.6 Å². The monoisotopic (exact) mass is 372 g/mol. The van der Waals surface area contributed by atoms with E-state index in [0.717, 1.165) is 32.1 Å². The van der Waals surface area contributed by atoms with Crippen molar-refractivity contribution < 1.29 is 19.1 Å². The summed E-state index contributed by atoms with van der Waals surface area (Å²) in [6.45, 7) is 8.07. The molecule has 5 rings (SSSR count). The van der Waals surface area contributed by atoms with E-state index in [4.69, 9.17) is 9.47 Å². The molecular formula is C23H32O4. The van der Waals surface area contributed by atoms with Gasteiger partial charge in [-0.25, -0.2) is 0 Å². The smallest absolute Gasteiger partial charge is 0.302 e. The first kappa shape index (κ1) is 17.9. The SMILES string of the molecule is CC(=O)OC1CC[C@@]2(C)C(=CCC3C2CC[C@@]2(C)C3C[C@@]3(C(C)=O)O[C@H]32)C1. The first-order valence-corrected chi connectivity index (χ1v) is 10.8. The van der Waals surface area contributed by atoms with Crippen LogP contribution in [-0.4, -0.2) is 29.6 Å². The molecule has 0 aromatic heterocycles. The summed E-state index contributed by atoms with van der Waals surface area (Å²) in [6.07, 6.45) is 10.1. The lowest BCUT2D eigenvalue weighted by atomic mass is 9.48. The lowest BCUT2D eigenvalue weighted by Gasteiger charge is -2.57. The van der Waals surface area contributed by atoms with Crippen molar-refractivity contribution in [2.24, 2.45) is 28.6 Å². The molecule has 0 aromatic rings. The molecule has 0 amide bonds. The predicted octanol–water partition coefficient (Wildman–Crippen LogP) is 4.22. The molecule has 4 fully saturated rings. The molecule has 0 spiro atoms. The lowest BCUT2D eigenvalue weighted by Crippen LogP contribution is -2.51. The Labute approximate surface area is 162 Å². The van der Waals surface area contributed by atoms with Gasteiger partial charge in [-0.3, -0.25) is 9.59 Å². The second-order valence-corrected chi connectivity index (χ2v) is 10.4. The number of ketones is 1. The van der Waals surface area contributed by atoms with Crippen LogP contribution in [0.3, 0.4) is 0 Å². The summed E-state index contributed by atoms with van der Waals surface area (Å²) in [6, 6.07) is 0. The zero-order valence-corrected chi connectivity index (χ0v) is 17.0. The minimum Gasteiger partial charge on any atom is -0.462 e. The first-order valence-electron chi connectivity index (χ1n) is 10.8. The molecule has 0 aromatic carbocycles. The van der Waals surface area contributed by atoms with E-state index in [0.29, 0.717) is 17.8 Å². The van der Waals surface area contributed by atoms with Gasteiger partial charge < -0.3 is 9.47 Å². The molecule has 0 N–H and O–H groups in total. The zero-order valence-electron chi connectivity index (χ0n) is 17.0. The molecule has 0 radical (unpaired) electrons. The van der Waals surface area contributed by atoms with Gasteiger partial charge in [0.1, 0.15) is 12.2 Å². The van der Waals surface area contributed by atoms with Crippen molar-refractivity contribution in [2.45, 2.75) is 90.4 Å². The Balaban J connectivity index is 1.42. The van der Waals surface area contributed by atoms with Crippen LogP contribution in [0.5, 0.6) is 0 Å². The highest BCUT2D eigenvalue weighted by molar-refractivity contribution is 5.89. The van der Waals surface area contributed by atoms with Crippen molar-refractivity contribution in [2.75, 3.05) is 0 Å². The molecule has 8 atom stereocenters. The van der Waals surface area contributed by atoms with E-state index in [-0.39, 0.29) is 34.8 Å². The number of carbonyl (C=O) groups excluding carboxylic acids is 2.